The molecule has 128 valence electrons. The average molecular weight is 346 g/mol. The standard InChI is InChI=1S/C18H22N2O3S/c1-13-8-5-6-11-16(13)19-17(21)14-9-7-10-15(12-14)24(22,23)20-18(2,3)4/h5-12,20H,1-4H3,(H,19,21). The Kier molecular flexibility index (Phi) is 5.11. The lowest BCUT2D eigenvalue weighted by atomic mass is 10.1. The molecule has 5 nitrogen and oxygen atoms in total. The van der Waals surface area contributed by atoms with Crippen LogP contribution in [0.15, 0.2) is 53.4 Å². The van der Waals surface area contributed by atoms with Gasteiger partial charge in [0.1, 0.15) is 0 Å². The summed E-state index contributed by atoms with van der Waals surface area (Å²) in [6.45, 7) is 7.18. The molecule has 0 unspecified atom stereocenters. The molecular weight excluding hydrogens is 324 g/mol. The molecule has 0 fully saturated rings. The van der Waals surface area contributed by atoms with E-state index in [0.29, 0.717) is 5.69 Å². The average Bonchev–Trinajstić information content (AvgIpc) is 2.47. The van der Waals surface area contributed by atoms with Crippen LogP contribution in [0.25, 0.3) is 0 Å². The Bertz CT molecular complexity index is 853. The molecule has 0 aliphatic rings. The van der Waals surface area contributed by atoms with Gasteiger partial charge in [0.05, 0.1) is 4.90 Å². The molecule has 0 heterocycles. The van der Waals surface area contributed by atoms with Gasteiger partial charge in [-0.25, -0.2) is 13.1 Å². The highest BCUT2D eigenvalue weighted by Gasteiger charge is 2.22. The Morgan fingerprint density at radius 3 is 2.29 bits per heavy atom. The summed E-state index contributed by atoms with van der Waals surface area (Å²) in [7, 11) is -3.69. The van der Waals surface area contributed by atoms with Crippen molar-refractivity contribution < 1.29 is 13.2 Å². The van der Waals surface area contributed by atoms with E-state index in [1.165, 1.54) is 12.1 Å². The molecule has 0 saturated heterocycles. The molecule has 2 aromatic carbocycles. The fraction of sp³-hybridized carbons (Fsp3) is 0.278. The third kappa shape index (κ3) is 4.66. The number of nitrogens with one attached hydrogen (secondary N) is 2. The maximum Gasteiger partial charge on any atom is 0.255 e. The summed E-state index contributed by atoms with van der Waals surface area (Å²) in [5.74, 6) is -0.350. The molecule has 1 amide bonds. The molecule has 6 heteroatoms. The van der Waals surface area contributed by atoms with Gasteiger partial charge in [-0.1, -0.05) is 24.3 Å². The maximum atomic E-state index is 12.4. The van der Waals surface area contributed by atoms with Crippen LogP contribution in [0.1, 0.15) is 36.7 Å². The van der Waals surface area contributed by atoms with E-state index in [2.05, 4.69) is 10.0 Å². The zero-order chi connectivity index (χ0) is 18.0. The van der Waals surface area contributed by atoms with Crippen LogP contribution in [0.4, 0.5) is 5.69 Å². The van der Waals surface area contributed by atoms with Gasteiger partial charge in [-0.2, -0.15) is 0 Å². The van der Waals surface area contributed by atoms with Gasteiger partial charge in [0.2, 0.25) is 10.0 Å². The number of carbonyl (C=O) groups is 1. The van der Waals surface area contributed by atoms with Crippen molar-refractivity contribution in [2.24, 2.45) is 0 Å². The molecule has 0 bridgehead atoms. The third-order valence-electron chi connectivity index (χ3n) is 3.24. The van der Waals surface area contributed by atoms with Crippen molar-refractivity contribution in [2.75, 3.05) is 5.32 Å². The first-order valence-corrected chi connectivity index (χ1v) is 9.08. The van der Waals surface area contributed by atoms with E-state index in [9.17, 15) is 13.2 Å². The van der Waals surface area contributed by atoms with Crippen LogP contribution in [0.2, 0.25) is 0 Å². The van der Waals surface area contributed by atoms with Gasteiger partial charge >= 0.3 is 0 Å². The topological polar surface area (TPSA) is 75.3 Å². The Balaban J connectivity index is 2.27. The first-order chi connectivity index (χ1) is 11.1. The summed E-state index contributed by atoms with van der Waals surface area (Å²) in [5.41, 5.74) is 1.32. The fourth-order valence-corrected chi connectivity index (χ4v) is 3.64. The molecule has 0 aliphatic heterocycles. The minimum absolute atomic E-state index is 0.0647. The van der Waals surface area contributed by atoms with E-state index in [1.807, 2.05) is 25.1 Å². The minimum Gasteiger partial charge on any atom is -0.322 e. The summed E-state index contributed by atoms with van der Waals surface area (Å²) >= 11 is 0. The van der Waals surface area contributed by atoms with Crippen LogP contribution in [-0.4, -0.2) is 19.9 Å². The number of benzene rings is 2. The smallest absolute Gasteiger partial charge is 0.255 e. The SMILES string of the molecule is Cc1ccccc1NC(=O)c1cccc(S(=O)(=O)NC(C)(C)C)c1. The lowest BCUT2D eigenvalue weighted by Gasteiger charge is -2.20. The van der Waals surface area contributed by atoms with Gasteiger partial charge in [0.25, 0.3) is 5.91 Å². The van der Waals surface area contributed by atoms with Gasteiger partial charge in [0, 0.05) is 16.8 Å². The summed E-state index contributed by atoms with van der Waals surface area (Å²) in [6, 6.07) is 13.4. The zero-order valence-electron chi connectivity index (χ0n) is 14.3. The van der Waals surface area contributed by atoms with E-state index in [4.69, 9.17) is 0 Å². The molecule has 0 atom stereocenters. The van der Waals surface area contributed by atoms with Crippen LogP contribution in [0, 0.1) is 6.92 Å². The van der Waals surface area contributed by atoms with E-state index < -0.39 is 15.6 Å². The van der Waals surface area contributed by atoms with E-state index in [-0.39, 0.29) is 16.4 Å². The summed E-state index contributed by atoms with van der Waals surface area (Å²) in [4.78, 5) is 12.5. The van der Waals surface area contributed by atoms with Gasteiger partial charge in [0.15, 0.2) is 0 Å². The molecule has 24 heavy (non-hydrogen) atoms. The van der Waals surface area contributed by atoms with Crippen molar-refractivity contribution >= 4 is 21.6 Å². The summed E-state index contributed by atoms with van der Waals surface area (Å²) in [5, 5.41) is 2.80. The lowest BCUT2D eigenvalue weighted by molar-refractivity contribution is 0.102. The first-order valence-electron chi connectivity index (χ1n) is 7.59. The highest BCUT2D eigenvalue weighted by Crippen LogP contribution is 2.18. The lowest BCUT2D eigenvalue weighted by Crippen LogP contribution is -2.40. The van der Waals surface area contributed by atoms with Crippen molar-refractivity contribution in [2.45, 2.75) is 38.1 Å². The number of anilines is 1. The maximum absolute atomic E-state index is 12.4. The monoisotopic (exact) mass is 346 g/mol. The van der Waals surface area contributed by atoms with Crippen LogP contribution in [0.5, 0.6) is 0 Å². The van der Waals surface area contributed by atoms with Crippen LogP contribution < -0.4 is 10.0 Å². The van der Waals surface area contributed by atoms with Gasteiger partial charge in [-0.15, -0.1) is 0 Å². The quantitative estimate of drug-likeness (QED) is 0.892. The Hall–Kier alpha value is -2.18. The second-order valence-electron chi connectivity index (χ2n) is 6.65. The molecule has 0 aliphatic carbocycles. The number of rotatable bonds is 4. The number of para-hydroxylation sites is 1. The van der Waals surface area contributed by atoms with Crippen LogP contribution in [-0.2, 0) is 10.0 Å². The van der Waals surface area contributed by atoms with E-state index in [0.717, 1.165) is 5.56 Å². The molecule has 2 rings (SSSR count). The summed E-state index contributed by atoms with van der Waals surface area (Å²) in [6.07, 6.45) is 0. The van der Waals surface area contributed by atoms with Crippen molar-refractivity contribution in [1.29, 1.82) is 0 Å². The van der Waals surface area contributed by atoms with Crippen LogP contribution >= 0.6 is 0 Å². The van der Waals surface area contributed by atoms with Crippen molar-refractivity contribution in [3.8, 4) is 0 Å². The second kappa shape index (κ2) is 6.75. The number of sulfonamides is 1. The molecule has 0 radical (unpaired) electrons. The highest BCUT2D eigenvalue weighted by molar-refractivity contribution is 7.89. The molecule has 2 aromatic rings. The van der Waals surface area contributed by atoms with E-state index in [1.54, 1.807) is 39.0 Å². The predicted octanol–water partition coefficient (Wildman–Crippen LogP) is 3.32. The Labute approximate surface area is 143 Å². The number of hydrogen-bond acceptors (Lipinski definition) is 3. The Morgan fingerprint density at radius 2 is 1.67 bits per heavy atom. The predicted molar refractivity (Wildman–Crippen MR) is 95.6 cm³/mol. The number of aryl methyl sites for hydroxylation is 1. The van der Waals surface area contributed by atoms with E-state index >= 15 is 0 Å². The van der Waals surface area contributed by atoms with Crippen LogP contribution in [0.3, 0.4) is 0 Å². The molecule has 0 spiro atoms. The summed E-state index contributed by atoms with van der Waals surface area (Å²) < 4.78 is 27.4. The second-order valence-corrected chi connectivity index (χ2v) is 8.33. The fourth-order valence-electron chi connectivity index (χ4n) is 2.17. The third-order valence-corrected chi connectivity index (χ3v) is 5.00. The van der Waals surface area contributed by atoms with Gasteiger partial charge < -0.3 is 5.32 Å². The largest absolute Gasteiger partial charge is 0.322 e. The molecule has 2 N–H and O–H groups in total. The highest BCUT2D eigenvalue weighted by atomic mass is 32.2. The number of amides is 1. The first kappa shape index (κ1) is 18.2. The molecule has 0 aromatic heterocycles. The minimum atomic E-state index is -3.69. The zero-order valence-corrected chi connectivity index (χ0v) is 15.1. The van der Waals surface area contributed by atoms with Crippen molar-refractivity contribution in [1.82, 2.24) is 4.72 Å². The van der Waals surface area contributed by atoms with Gasteiger partial charge in [-0.05, 0) is 57.5 Å². The van der Waals surface area contributed by atoms with Gasteiger partial charge in [-0.3, -0.25) is 4.79 Å². The molecule has 0 saturated carbocycles. The number of hydrogen-bond donors (Lipinski definition) is 2. The molecular formula is C18H22N2O3S. The number of carbonyl (C=O) groups excluding carboxylic acids is 1. The van der Waals surface area contributed by atoms with Crippen molar-refractivity contribution in [3.05, 3.63) is 59.7 Å². The normalized spacial score (nSPS) is 12.0. The Morgan fingerprint density at radius 1 is 1.00 bits per heavy atom. The van der Waals surface area contributed by atoms with Crippen molar-refractivity contribution in [3.63, 3.8) is 0 Å².